The van der Waals surface area contributed by atoms with E-state index in [1.807, 2.05) is 13.0 Å². The summed E-state index contributed by atoms with van der Waals surface area (Å²) < 4.78 is 23.2. The van der Waals surface area contributed by atoms with Crippen molar-refractivity contribution in [3.63, 3.8) is 0 Å². The van der Waals surface area contributed by atoms with Crippen molar-refractivity contribution in [1.82, 2.24) is 5.32 Å². The number of rotatable bonds is 3. The van der Waals surface area contributed by atoms with Gasteiger partial charge >= 0.3 is 0 Å². The molecular formula is C19H24N2O4S. The Morgan fingerprint density at radius 2 is 1.96 bits per heavy atom. The lowest BCUT2D eigenvalue weighted by atomic mass is 9.93. The summed E-state index contributed by atoms with van der Waals surface area (Å²) in [5.41, 5.74) is 1.82. The number of carbonyl (C=O) groups is 2. The minimum atomic E-state index is -2.98. The summed E-state index contributed by atoms with van der Waals surface area (Å²) in [7, 11) is -2.98. The Kier molecular flexibility index (Phi) is 4.92. The van der Waals surface area contributed by atoms with Crippen LogP contribution >= 0.6 is 0 Å². The van der Waals surface area contributed by atoms with Crippen LogP contribution in [0.4, 0.5) is 5.69 Å². The Balaban J connectivity index is 1.77. The molecule has 1 saturated heterocycles. The van der Waals surface area contributed by atoms with Gasteiger partial charge in [-0.25, -0.2) is 8.42 Å². The summed E-state index contributed by atoms with van der Waals surface area (Å²) in [4.78, 5) is 26.3. The maximum absolute atomic E-state index is 12.7. The van der Waals surface area contributed by atoms with Gasteiger partial charge in [0, 0.05) is 23.3 Å². The molecule has 2 aliphatic rings. The van der Waals surface area contributed by atoms with Gasteiger partial charge in [0.15, 0.2) is 0 Å². The average molecular weight is 376 g/mol. The van der Waals surface area contributed by atoms with Crippen molar-refractivity contribution in [3.8, 4) is 0 Å². The van der Waals surface area contributed by atoms with E-state index < -0.39 is 15.4 Å². The second-order valence-electron chi connectivity index (χ2n) is 7.31. The molecule has 140 valence electrons. The number of hydrogen-bond donors (Lipinski definition) is 1. The molecule has 0 aromatic heterocycles. The molecule has 0 unspecified atom stereocenters. The highest BCUT2D eigenvalue weighted by Gasteiger charge is 2.34. The molecule has 7 heteroatoms. The molecule has 1 aromatic rings. The van der Waals surface area contributed by atoms with Crippen LogP contribution in [0, 0.1) is 0 Å². The van der Waals surface area contributed by atoms with E-state index in [0.717, 1.165) is 24.1 Å². The van der Waals surface area contributed by atoms with Gasteiger partial charge < -0.3 is 10.2 Å². The number of aryl methyl sites for hydroxylation is 1. The van der Waals surface area contributed by atoms with Crippen LogP contribution in [0.25, 0.3) is 0 Å². The van der Waals surface area contributed by atoms with Crippen LogP contribution < -0.4 is 10.2 Å². The highest BCUT2D eigenvalue weighted by Crippen LogP contribution is 2.29. The SMILES string of the molecule is C=CC(=O)N1CCCc2cc(C(=O)NC3(C)CCS(=O)(=O)CC3)ccc21. The molecule has 26 heavy (non-hydrogen) atoms. The zero-order valence-electron chi connectivity index (χ0n) is 15.0. The summed E-state index contributed by atoms with van der Waals surface area (Å²) in [5, 5.41) is 3.00. The third kappa shape index (κ3) is 3.82. The summed E-state index contributed by atoms with van der Waals surface area (Å²) in [6.45, 7) is 6.08. The van der Waals surface area contributed by atoms with E-state index in [-0.39, 0.29) is 23.3 Å². The van der Waals surface area contributed by atoms with Gasteiger partial charge in [-0.1, -0.05) is 6.58 Å². The summed E-state index contributed by atoms with van der Waals surface area (Å²) in [6.07, 6.45) is 3.80. The van der Waals surface area contributed by atoms with Gasteiger partial charge in [-0.15, -0.1) is 0 Å². The lowest BCUT2D eigenvalue weighted by Crippen LogP contribution is -2.51. The molecule has 1 fully saturated rings. The summed E-state index contributed by atoms with van der Waals surface area (Å²) in [5.74, 6) is -0.139. The second kappa shape index (κ2) is 6.87. The average Bonchev–Trinajstić information content (AvgIpc) is 2.63. The van der Waals surface area contributed by atoms with Crippen LogP contribution in [0.3, 0.4) is 0 Å². The predicted octanol–water partition coefficient (Wildman–Crippen LogP) is 1.85. The molecule has 2 heterocycles. The van der Waals surface area contributed by atoms with Gasteiger partial charge in [-0.2, -0.15) is 0 Å². The molecule has 1 aromatic carbocycles. The molecule has 6 nitrogen and oxygen atoms in total. The molecule has 1 N–H and O–H groups in total. The number of fused-ring (bicyclic) bond motifs is 1. The normalized spacial score (nSPS) is 20.7. The molecular weight excluding hydrogens is 352 g/mol. The molecule has 0 spiro atoms. The fourth-order valence-corrected chi connectivity index (χ4v) is 5.26. The fraction of sp³-hybridized carbons (Fsp3) is 0.474. The molecule has 0 atom stereocenters. The number of carbonyl (C=O) groups excluding carboxylic acids is 2. The van der Waals surface area contributed by atoms with E-state index in [0.29, 0.717) is 24.9 Å². The molecule has 2 amide bonds. The van der Waals surface area contributed by atoms with Gasteiger partial charge in [0.1, 0.15) is 9.84 Å². The standard InChI is InChI=1S/C19H24N2O4S/c1-3-17(22)21-10-4-5-14-13-15(6-7-16(14)21)18(23)20-19(2)8-11-26(24,25)12-9-19/h3,6-7,13H,1,4-5,8-12H2,2H3,(H,20,23). The Hall–Kier alpha value is -2.15. The molecule has 2 aliphatic heterocycles. The minimum absolute atomic E-state index is 0.104. The summed E-state index contributed by atoms with van der Waals surface area (Å²) >= 11 is 0. The smallest absolute Gasteiger partial charge is 0.251 e. The maximum Gasteiger partial charge on any atom is 0.251 e. The quantitative estimate of drug-likeness (QED) is 0.816. The van der Waals surface area contributed by atoms with E-state index >= 15 is 0 Å². The Morgan fingerprint density at radius 3 is 2.62 bits per heavy atom. The van der Waals surface area contributed by atoms with Crippen LogP contribution in [0.15, 0.2) is 30.9 Å². The van der Waals surface area contributed by atoms with Crippen molar-refractivity contribution in [2.45, 2.75) is 38.1 Å². The van der Waals surface area contributed by atoms with Crippen LogP contribution in [0.2, 0.25) is 0 Å². The van der Waals surface area contributed by atoms with Crippen molar-refractivity contribution >= 4 is 27.3 Å². The Morgan fingerprint density at radius 1 is 1.27 bits per heavy atom. The highest BCUT2D eigenvalue weighted by molar-refractivity contribution is 7.91. The first kappa shape index (κ1) is 18.6. The third-order valence-corrected chi connectivity index (χ3v) is 6.90. The van der Waals surface area contributed by atoms with Crippen LogP contribution in [-0.2, 0) is 21.1 Å². The first-order valence-electron chi connectivity index (χ1n) is 8.83. The van der Waals surface area contributed by atoms with Crippen LogP contribution in [0.5, 0.6) is 0 Å². The number of hydrogen-bond acceptors (Lipinski definition) is 4. The van der Waals surface area contributed by atoms with Crippen molar-refractivity contribution in [2.75, 3.05) is 23.0 Å². The number of sulfone groups is 1. The first-order valence-corrected chi connectivity index (χ1v) is 10.6. The largest absolute Gasteiger partial charge is 0.347 e. The molecule has 3 rings (SSSR count). The fourth-order valence-electron chi connectivity index (χ4n) is 3.54. The monoisotopic (exact) mass is 376 g/mol. The van der Waals surface area contributed by atoms with Crippen molar-refractivity contribution in [2.24, 2.45) is 0 Å². The maximum atomic E-state index is 12.7. The van der Waals surface area contributed by atoms with Gasteiger partial charge in [0.25, 0.3) is 5.91 Å². The molecule has 0 radical (unpaired) electrons. The van der Waals surface area contributed by atoms with E-state index in [9.17, 15) is 18.0 Å². The first-order chi connectivity index (χ1) is 12.2. The number of benzene rings is 1. The van der Waals surface area contributed by atoms with Crippen LogP contribution in [0.1, 0.15) is 42.1 Å². The Bertz CT molecular complexity index is 846. The van der Waals surface area contributed by atoms with Gasteiger partial charge in [-0.3, -0.25) is 9.59 Å². The Labute approximate surface area is 154 Å². The highest BCUT2D eigenvalue weighted by atomic mass is 32.2. The van der Waals surface area contributed by atoms with E-state index in [1.165, 1.54) is 6.08 Å². The van der Waals surface area contributed by atoms with Crippen LogP contribution in [-0.4, -0.2) is 43.8 Å². The number of anilines is 1. The minimum Gasteiger partial charge on any atom is -0.347 e. The molecule has 0 aliphatic carbocycles. The number of nitrogens with one attached hydrogen (secondary N) is 1. The third-order valence-electron chi connectivity index (χ3n) is 5.25. The van der Waals surface area contributed by atoms with Crippen molar-refractivity contribution in [3.05, 3.63) is 42.0 Å². The molecule has 0 saturated carbocycles. The lowest BCUT2D eigenvalue weighted by molar-refractivity contribution is -0.114. The second-order valence-corrected chi connectivity index (χ2v) is 9.61. The van der Waals surface area contributed by atoms with E-state index in [2.05, 4.69) is 11.9 Å². The number of amides is 2. The van der Waals surface area contributed by atoms with Gasteiger partial charge in [-0.05, 0) is 62.4 Å². The molecule has 0 bridgehead atoms. The van der Waals surface area contributed by atoms with E-state index in [4.69, 9.17) is 0 Å². The topological polar surface area (TPSA) is 83.6 Å². The lowest BCUT2D eigenvalue weighted by Gasteiger charge is -2.34. The zero-order chi connectivity index (χ0) is 18.9. The predicted molar refractivity (Wildman–Crippen MR) is 101 cm³/mol. The van der Waals surface area contributed by atoms with Gasteiger partial charge in [0.05, 0.1) is 11.5 Å². The summed E-state index contributed by atoms with van der Waals surface area (Å²) in [6, 6.07) is 5.35. The van der Waals surface area contributed by atoms with Gasteiger partial charge in [0.2, 0.25) is 5.91 Å². The van der Waals surface area contributed by atoms with E-state index in [1.54, 1.807) is 17.0 Å². The van der Waals surface area contributed by atoms with Crippen molar-refractivity contribution < 1.29 is 18.0 Å². The van der Waals surface area contributed by atoms with Crippen molar-refractivity contribution in [1.29, 1.82) is 0 Å². The number of nitrogens with zero attached hydrogens (tertiary/aromatic N) is 1. The zero-order valence-corrected chi connectivity index (χ0v) is 15.8.